The zero-order valence-electron chi connectivity index (χ0n) is 15.0. The SMILES string of the molecule is O=C(O)NCCc1ccc(-c2nn(C3CCCC3)c3c(F)cccc23)cc1. The molecule has 1 aromatic heterocycles. The Hall–Kier alpha value is -2.89. The number of benzene rings is 2. The summed E-state index contributed by atoms with van der Waals surface area (Å²) in [6.45, 7) is 0.374. The molecule has 1 amide bonds. The molecule has 5 nitrogen and oxygen atoms in total. The summed E-state index contributed by atoms with van der Waals surface area (Å²) in [5.41, 5.74) is 3.37. The van der Waals surface area contributed by atoms with Crippen LogP contribution in [0.3, 0.4) is 0 Å². The van der Waals surface area contributed by atoms with E-state index < -0.39 is 6.09 Å². The molecule has 0 atom stereocenters. The standard InChI is InChI=1S/C21H22FN3O2/c22-18-7-3-6-17-19(24-25(20(17)18)16-4-1-2-5-16)15-10-8-14(9-11-15)12-13-23-21(26)27/h3,6-11,16,23H,1-2,4-5,12-13H2,(H,26,27). The molecule has 2 N–H and O–H groups in total. The number of carbonyl (C=O) groups is 1. The summed E-state index contributed by atoms with van der Waals surface area (Å²) in [6, 6.07) is 13.3. The minimum atomic E-state index is -1.02. The molecule has 4 rings (SSSR count). The molecule has 140 valence electrons. The maximum absolute atomic E-state index is 14.6. The van der Waals surface area contributed by atoms with Crippen LogP contribution >= 0.6 is 0 Å². The van der Waals surface area contributed by atoms with Crippen molar-refractivity contribution in [2.24, 2.45) is 0 Å². The Labute approximate surface area is 156 Å². The van der Waals surface area contributed by atoms with Gasteiger partial charge in [0.2, 0.25) is 0 Å². The van der Waals surface area contributed by atoms with Gasteiger partial charge in [-0.25, -0.2) is 9.18 Å². The van der Waals surface area contributed by atoms with Crippen LogP contribution in [0, 0.1) is 5.82 Å². The number of fused-ring (bicyclic) bond motifs is 1. The lowest BCUT2D eigenvalue weighted by atomic mass is 10.0. The van der Waals surface area contributed by atoms with Crippen molar-refractivity contribution in [3.8, 4) is 11.3 Å². The molecule has 1 fully saturated rings. The lowest BCUT2D eigenvalue weighted by molar-refractivity contribution is 0.194. The number of aromatic nitrogens is 2. The largest absolute Gasteiger partial charge is 0.465 e. The number of nitrogens with one attached hydrogen (secondary N) is 1. The first-order chi connectivity index (χ1) is 13.1. The second kappa shape index (κ2) is 7.39. The van der Waals surface area contributed by atoms with Crippen molar-refractivity contribution in [2.75, 3.05) is 6.54 Å². The number of nitrogens with zero attached hydrogens (tertiary/aromatic N) is 2. The number of rotatable bonds is 5. The number of carboxylic acid groups (broad SMARTS) is 1. The molecule has 27 heavy (non-hydrogen) atoms. The molecule has 0 aliphatic heterocycles. The normalized spacial score (nSPS) is 14.7. The van der Waals surface area contributed by atoms with Gasteiger partial charge in [0.1, 0.15) is 17.0 Å². The molecule has 1 aliphatic rings. The van der Waals surface area contributed by atoms with Crippen LogP contribution in [0.15, 0.2) is 42.5 Å². The predicted molar refractivity (Wildman–Crippen MR) is 102 cm³/mol. The summed E-state index contributed by atoms with van der Waals surface area (Å²) in [5.74, 6) is -0.227. The highest BCUT2D eigenvalue weighted by Gasteiger charge is 2.23. The number of amides is 1. The summed E-state index contributed by atoms with van der Waals surface area (Å²) < 4.78 is 16.5. The lowest BCUT2D eigenvalue weighted by Gasteiger charge is -2.11. The Balaban J connectivity index is 1.67. The third-order valence-electron chi connectivity index (χ3n) is 5.27. The monoisotopic (exact) mass is 367 g/mol. The van der Waals surface area contributed by atoms with Crippen LogP contribution in [-0.4, -0.2) is 27.5 Å². The van der Waals surface area contributed by atoms with Gasteiger partial charge in [-0.2, -0.15) is 5.10 Å². The van der Waals surface area contributed by atoms with Crippen molar-refractivity contribution in [2.45, 2.75) is 38.1 Å². The summed E-state index contributed by atoms with van der Waals surface area (Å²) in [6.07, 6.45) is 4.01. The summed E-state index contributed by atoms with van der Waals surface area (Å²) >= 11 is 0. The van der Waals surface area contributed by atoms with Crippen LogP contribution in [0.2, 0.25) is 0 Å². The highest BCUT2D eigenvalue weighted by molar-refractivity contribution is 5.93. The molecule has 0 bridgehead atoms. The van der Waals surface area contributed by atoms with Crippen molar-refractivity contribution in [1.29, 1.82) is 0 Å². The van der Waals surface area contributed by atoms with E-state index in [4.69, 9.17) is 10.2 Å². The summed E-state index contributed by atoms with van der Waals surface area (Å²) in [7, 11) is 0. The van der Waals surface area contributed by atoms with E-state index in [9.17, 15) is 9.18 Å². The molecule has 3 aromatic rings. The predicted octanol–water partition coefficient (Wildman–Crippen LogP) is 4.77. The highest BCUT2D eigenvalue weighted by atomic mass is 19.1. The van der Waals surface area contributed by atoms with E-state index in [-0.39, 0.29) is 11.9 Å². The zero-order valence-corrected chi connectivity index (χ0v) is 15.0. The first-order valence-corrected chi connectivity index (χ1v) is 9.36. The van der Waals surface area contributed by atoms with Crippen molar-refractivity contribution in [3.63, 3.8) is 0 Å². The van der Waals surface area contributed by atoms with Gasteiger partial charge in [-0.15, -0.1) is 0 Å². The van der Waals surface area contributed by atoms with Crippen LogP contribution in [0.25, 0.3) is 22.2 Å². The van der Waals surface area contributed by atoms with Crippen LogP contribution in [0.1, 0.15) is 37.3 Å². The van der Waals surface area contributed by atoms with E-state index >= 15 is 0 Å². The van der Waals surface area contributed by atoms with Crippen molar-refractivity contribution in [3.05, 3.63) is 53.8 Å². The molecule has 0 spiro atoms. The van der Waals surface area contributed by atoms with Crippen molar-refractivity contribution >= 4 is 17.0 Å². The summed E-state index contributed by atoms with van der Waals surface area (Å²) in [4.78, 5) is 10.5. The maximum atomic E-state index is 14.6. The number of hydrogen-bond acceptors (Lipinski definition) is 2. The van der Waals surface area contributed by atoms with Gasteiger partial charge in [0.15, 0.2) is 0 Å². The van der Waals surface area contributed by atoms with Crippen molar-refractivity contribution in [1.82, 2.24) is 15.1 Å². The van der Waals surface area contributed by atoms with Crippen molar-refractivity contribution < 1.29 is 14.3 Å². The quantitative estimate of drug-likeness (QED) is 0.683. The van der Waals surface area contributed by atoms with E-state index in [1.54, 1.807) is 6.07 Å². The van der Waals surface area contributed by atoms with Crippen LogP contribution in [0.4, 0.5) is 9.18 Å². The van der Waals surface area contributed by atoms with Gasteiger partial charge < -0.3 is 10.4 Å². The Kier molecular flexibility index (Phi) is 4.79. The van der Waals surface area contributed by atoms with Gasteiger partial charge in [-0.05, 0) is 30.9 Å². The van der Waals surface area contributed by atoms with Gasteiger partial charge in [0, 0.05) is 17.5 Å². The minimum absolute atomic E-state index is 0.227. The molecule has 2 aromatic carbocycles. The van der Waals surface area contributed by atoms with Gasteiger partial charge in [-0.3, -0.25) is 4.68 Å². The molecule has 1 saturated carbocycles. The Morgan fingerprint density at radius 3 is 2.63 bits per heavy atom. The molecule has 6 heteroatoms. The second-order valence-electron chi connectivity index (χ2n) is 7.05. The fraction of sp³-hybridized carbons (Fsp3) is 0.333. The van der Waals surface area contributed by atoms with Crippen LogP contribution < -0.4 is 5.32 Å². The Bertz CT molecular complexity index is 959. The number of halogens is 1. The third kappa shape index (κ3) is 3.52. The number of hydrogen-bond donors (Lipinski definition) is 2. The fourth-order valence-electron chi connectivity index (χ4n) is 3.92. The van der Waals surface area contributed by atoms with Crippen LogP contribution in [0.5, 0.6) is 0 Å². The Morgan fingerprint density at radius 1 is 1.19 bits per heavy atom. The topological polar surface area (TPSA) is 67.2 Å². The first kappa shape index (κ1) is 17.5. The van der Waals surface area contributed by atoms with Gasteiger partial charge in [-0.1, -0.05) is 49.2 Å². The summed E-state index contributed by atoms with van der Waals surface area (Å²) in [5, 5.41) is 16.7. The third-order valence-corrected chi connectivity index (χ3v) is 5.27. The van der Waals surface area contributed by atoms with E-state index in [1.807, 2.05) is 35.0 Å². The molecular formula is C21H22FN3O2. The Morgan fingerprint density at radius 2 is 1.93 bits per heavy atom. The van der Waals surface area contributed by atoms with Gasteiger partial charge in [0.25, 0.3) is 0 Å². The second-order valence-corrected chi connectivity index (χ2v) is 7.05. The van der Waals surface area contributed by atoms with Gasteiger partial charge in [0.05, 0.1) is 6.04 Å². The molecule has 1 heterocycles. The average Bonchev–Trinajstić information content (AvgIpc) is 3.30. The fourth-order valence-corrected chi connectivity index (χ4v) is 3.92. The van der Waals surface area contributed by atoms with E-state index in [1.165, 1.54) is 6.07 Å². The zero-order chi connectivity index (χ0) is 18.8. The smallest absolute Gasteiger partial charge is 0.404 e. The van der Waals surface area contributed by atoms with E-state index in [0.29, 0.717) is 18.5 Å². The molecule has 0 unspecified atom stereocenters. The molecular weight excluding hydrogens is 345 g/mol. The number of para-hydroxylation sites is 1. The highest BCUT2D eigenvalue weighted by Crippen LogP contribution is 2.36. The first-order valence-electron chi connectivity index (χ1n) is 9.36. The minimum Gasteiger partial charge on any atom is -0.465 e. The van der Waals surface area contributed by atoms with Crippen LogP contribution in [-0.2, 0) is 6.42 Å². The molecule has 1 aliphatic carbocycles. The van der Waals surface area contributed by atoms with E-state index in [0.717, 1.165) is 47.9 Å². The maximum Gasteiger partial charge on any atom is 0.404 e. The average molecular weight is 367 g/mol. The van der Waals surface area contributed by atoms with E-state index in [2.05, 4.69) is 5.32 Å². The molecule has 0 saturated heterocycles. The lowest BCUT2D eigenvalue weighted by Crippen LogP contribution is -2.23. The molecule has 0 radical (unpaired) electrons. The van der Waals surface area contributed by atoms with Gasteiger partial charge >= 0.3 is 6.09 Å².